The maximum Gasteiger partial charge on any atom is 0.410 e. The fourth-order valence-electron chi connectivity index (χ4n) is 0.884. The number of primary amides is 1. The first-order valence-electron chi connectivity index (χ1n) is 3.52. The maximum atomic E-state index is 10.6. The maximum absolute atomic E-state index is 10.6. The Labute approximate surface area is 97.2 Å². The Hall–Kier alpha value is -1.34. The molecule has 1 aromatic carbocycles. The zero-order valence-electron chi connectivity index (χ0n) is 7.07. The first kappa shape index (κ1) is 11.7. The van der Waals surface area contributed by atoms with E-state index in [9.17, 15) is 14.9 Å². The van der Waals surface area contributed by atoms with E-state index < -0.39 is 16.7 Å². The van der Waals surface area contributed by atoms with Gasteiger partial charge in [-0.15, -0.1) is 0 Å². The van der Waals surface area contributed by atoms with E-state index in [1.54, 1.807) is 0 Å². The quantitative estimate of drug-likeness (QED) is 0.669. The molecule has 0 spiro atoms. The molecule has 80 valence electrons. The van der Waals surface area contributed by atoms with Crippen LogP contribution in [0.1, 0.15) is 0 Å². The lowest BCUT2D eigenvalue weighted by Gasteiger charge is -2.04. The lowest BCUT2D eigenvalue weighted by Crippen LogP contribution is -2.17. The third kappa shape index (κ3) is 2.80. The Morgan fingerprint density at radius 2 is 2.20 bits per heavy atom. The van der Waals surface area contributed by atoms with Gasteiger partial charge in [0, 0.05) is 10.5 Å². The topological polar surface area (TPSA) is 95.5 Å². The molecule has 1 rings (SSSR count). The Morgan fingerprint density at radius 1 is 1.60 bits per heavy atom. The molecule has 2 N–H and O–H groups in total. The molecule has 0 saturated carbocycles. The third-order valence-corrected chi connectivity index (χ3v) is 2.13. The van der Waals surface area contributed by atoms with Crippen molar-refractivity contribution in [1.82, 2.24) is 0 Å². The van der Waals surface area contributed by atoms with Gasteiger partial charge in [-0.25, -0.2) is 4.79 Å². The second-order valence-electron chi connectivity index (χ2n) is 2.41. The zero-order valence-corrected chi connectivity index (χ0v) is 9.41. The molecule has 0 fully saturated rings. The number of hydrogen-bond acceptors (Lipinski definition) is 4. The van der Waals surface area contributed by atoms with Crippen LogP contribution in [0.2, 0.25) is 5.02 Å². The predicted octanol–water partition coefficient (Wildman–Crippen LogP) is 2.47. The largest absolute Gasteiger partial charge is 0.410 e. The van der Waals surface area contributed by atoms with E-state index in [0.717, 1.165) is 6.07 Å². The average molecular weight is 295 g/mol. The molecular formula is C7H4BrClN2O4. The minimum Gasteiger partial charge on any atom is -0.401 e. The van der Waals surface area contributed by atoms with Gasteiger partial charge < -0.3 is 10.5 Å². The van der Waals surface area contributed by atoms with Gasteiger partial charge in [0.1, 0.15) is 0 Å². The summed E-state index contributed by atoms with van der Waals surface area (Å²) >= 11 is 8.68. The number of benzene rings is 1. The summed E-state index contributed by atoms with van der Waals surface area (Å²) in [6.45, 7) is 0. The van der Waals surface area contributed by atoms with Gasteiger partial charge in [-0.1, -0.05) is 27.5 Å². The number of hydrogen-bond donors (Lipinski definition) is 1. The Kier molecular flexibility index (Phi) is 3.48. The Bertz CT molecular complexity index is 437. The molecule has 8 heteroatoms. The molecule has 0 atom stereocenters. The number of nitrogens with two attached hydrogens (primary N) is 1. The lowest BCUT2D eigenvalue weighted by atomic mass is 10.3. The molecule has 6 nitrogen and oxygen atoms in total. The number of halogens is 2. The second kappa shape index (κ2) is 4.45. The minimum absolute atomic E-state index is 0.0742. The van der Waals surface area contributed by atoms with Crippen LogP contribution < -0.4 is 10.5 Å². The van der Waals surface area contributed by atoms with E-state index in [-0.39, 0.29) is 10.8 Å². The second-order valence-corrected chi connectivity index (χ2v) is 3.74. The van der Waals surface area contributed by atoms with Crippen molar-refractivity contribution in [2.75, 3.05) is 0 Å². The van der Waals surface area contributed by atoms with Gasteiger partial charge in [0.25, 0.3) is 0 Å². The number of nitro groups is 1. The van der Waals surface area contributed by atoms with Gasteiger partial charge in [0.05, 0.1) is 9.95 Å². The monoisotopic (exact) mass is 294 g/mol. The molecule has 0 aliphatic heterocycles. The lowest BCUT2D eigenvalue weighted by molar-refractivity contribution is -0.385. The molecule has 1 aromatic rings. The SMILES string of the molecule is NC(=O)Oc1c(Cl)cc(Br)cc1[N+](=O)[O-]. The molecule has 0 bridgehead atoms. The summed E-state index contributed by atoms with van der Waals surface area (Å²) in [7, 11) is 0. The van der Waals surface area contributed by atoms with Gasteiger partial charge in [0.2, 0.25) is 5.75 Å². The van der Waals surface area contributed by atoms with Crippen molar-refractivity contribution in [3.8, 4) is 5.75 Å². The minimum atomic E-state index is -1.16. The highest BCUT2D eigenvalue weighted by Gasteiger charge is 2.21. The molecule has 0 radical (unpaired) electrons. The van der Waals surface area contributed by atoms with Gasteiger partial charge in [-0.2, -0.15) is 0 Å². The van der Waals surface area contributed by atoms with Crippen molar-refractivity contribution < 1.29 is 14.5 Å². The molecular weight excluding hydrogens is 291 g/mol. The number of nitro benzene ring substituents is 1. The van der Waals surface area contributed by atoms with Gasteiger partial charge >= 0.3 is 11.8 Å². The average Bonchev–Trinajstić information content (AvgIpc) is 2.08. The molecule has 0 saturated heterocycles. The molecule has 1 amide bonds. The van der Waals surface area contributed by atoms with Crippen LogP contribution in [0.15, 0.2) is 16.6 Å². The Balaban J connectivity index is 3.33. The van der Waals surface area contributed by atoms with Crippen LogP contribution in [-0.2, 0) is 0 Å². The summed E-state index contributed by atoms with van der Waals surface area (Å²) in [4.78, 5) is 20.4. The number of ether oxygens (including phenoxy) is 1. The standard InChI is InChI=1S/C7H4BrClN2O4/c8-3-1-4(9)6(15-7(10)12)5(2-3)11(13)14/h1-2H,(H2,10,12). The summed E-state index contributed by atoms with van der Waals surface area (Å²) in [5.41, 5.74) is 4.31. The van der Waals surface area contributed by atoms with Crippen LogP contribution in [0.4, 0.5) is 10.5 Å². The predicted molar refractivity (Wildman–Crippen MR) is 56.0 cm³/mol. The highest BCUT2D eigenvalue weighted by molar-refractivity contribution is 9.10. The fraction of sp³-hybridized carbons (Fsp3) is 0. The summed E-state index contributed by atoms with van der Waals surface area (Å²) < 4.78 is 4.84. The van der Waals surface area contributed by atoms with E-state index in [1.807, 2.05) is 0 Å². The first-order chi connectivity index (χ1) is 6.91. The fourth-order valence-corrected chi connectivity index (χ4v) is 1.71. The van der Waals surface area contributed by atoms with Crippen LogP contribution in [0.3, 0.4) is 0 Å². The highest BCUT2D eigenvalue weighted by atomic mass is 79.9. The van der Waals surface area contributed by atoms with Crippen molar-refractivity contribution in [3.05, 3.63) is 31.7 Å². The summed E-state index contributed by atoms with van der Waals surface area (Å²) in [5, 5.41) is 10.5. The summed E-state index contributed by atoms with van der Waals surface area (Å²) in [6.07, 6.45) is -1.16. The number of rotatable bonds is 2. The van der Waals surface area contributed by atoms with E-state index in [1.165, 1.54) is 6.07 Å². The van der Waals surface area contributed by atoms with Crippen LogP contribution in [0.25, 0.3) is 0 Å². The molecule has 0 aliphatic carbocycles. The highest BCUT2D eigenvalue weighted by Crippen LogP contribution is 2.37. The third-order valence-electron chi connectivity index (χ3n) is 1.39. The number of carbonyl (C=O) groups is 1. The zero-order chi connectivity index (χ0) is 11.6. The molecule has 0 aromatic heterocycles. The normalized spacial score (nSPS) is 9.73. The van der Waals surface area contributed by atoms with Crippen molar-refractivity contribution >= 4 is 39.3 Å². The molecule has 0 aliphatic rings. The van der Waals surface area contributed by atoms with Crippen molar-refractivity contribution in [1.29, 1.82) is 0 Å². The summed E-state index contributed by atoms with van der Waals surface area (Å²) in [6, 6.07) is 2.51. The van der Waals surface area contributed by atoms with Crippen LogP contribution >= 0.6 is 27.5 Å². The molecule has 0 unspecified atom stereocenters. The van der Waals surface area contributed by atoms with Gasteiger partial charge in [-0.3, -0.25) is 10.1 Å². The number of amides is 1. The van der Waals surface area contributed by atoms with Crippen molar-refractivity contribution in [2.24, 2.45) is 5.73 Å². The van der Waals surface area contributed by atoms with Crippen LogP contribution in [0, 0.1) is 10.1 Å². The van der Waals surface area contributed by atoms with Gasteiger partial charge in [0.15, 0.2) is 0 Å². The van der Waals surface area contributed by atoms with Crippen LogP contribution in [-0.4, -0.2) is 11.0 Å². The van der Waals surface area contributed by atoms with Crippen LogP contribution in [0.5, 0.6) is 5.75 Å². The van der Waals surface area contributed by atoms with E-state index >= 15 is 0 Å². The number of carbonyl (C=O) groups excluding carboxylic acids is 1. The van der Waals surface area contributed by atoms with E-state index in [4.69, 9.17) is 17.3 Å². The smallest absolute Gasteiger partial charge is 0.401 e. The van der Waals surface area contributed by atoms with E-state index in [2.05, 4.69) is 20.7 Å². The summed E-state index contributed by atoms with van der Waals surface area (Å²) in [5.74, 6) is -0.364. The Morgan fingerprint density at radius 3 is 2.67 bits per heavy atom. The van der Waals surface area contributed by atoms with Gasteiger partial charge in [-0.05, 0) is 6.07 Å². The first-order valence-corrected chi connectivity index (χ1v) is 4.69. The van der Waals surface area contributed by atoms with E-state index in [0.29, 0.717) is 4.47 Å². The molecule has 15 heavy (non-hydrogen) atoms. The number of nitrogens with zero attached hydrogens (tertiary/aromatic N) is 1. The van der Waals surface area contributed by atoms with Crippen molar-refractivity contribution in [2.45, 2.75) is 0 Å². The molecule has 0 heterocycles. The van der Waals surface area contributed by atoms with Crippen molar-refractivity contribution in [3.63, 3.8) is 0 Å².